The zero-order valence-electron chi connectivity index (χ0n) is 11.1. The molecule has 0 radical (unpaired) electrons. The van der Waals surface area contributed by atoms with E-state index in [0.717, 1.165) is 44.9 Å². The molecule has 100 valence electrons. The fourth-order valence-electron chi connectivity index (χ4n) is 1.39. The van der Waals surface area contributed by atoms with Gasteiger partial charge in [-0.3, -0.25) is 9.79 Å². The number of aliphatic carboxylic acids is 1. The smallest absolute Gasteiger partial charge is 0.306 e. The van der Waals surface area contributed by atoms with Gasteiger partial charge in [-0.1, -0.05) is 13.3 Å². The summed E-state index contributed by atoms with van der Waals surface area (Å²) in [7, 11) is 0. The molecule has 0 bridgehead atoms. The van der Waals surface area contributed by atoms with Gasteiger partial charge in [0.1, 0.15) is 0 Å². The zero-order valence-corrected chi connectivity index (χ0v) is 11.1. The molecule has 0 aromatic heterocycles. The number of carboxylic acid groups (broad SMARTS) is 1. The quantitative estimate of drug-likeness (QED) is 0.343. The summed E-state index contributed by atoms with van der Waals surface area (Å²) in [5.74, 6) is -0.128. The van der Waals surface area contributed by atoms with Gasteiger partial charge in [0.2, 0.25) is 0 Å². The summed E-state index contributed by atoms with van der Waals surface area (Å²) in [5, 5.41) is 15.0. The van der Waals surface area contributed by atoms with Gasteiger partial charge in [0.05, 0.1) is 5.92 Å². The van der Waals surface area contributed by atoms with E-state index in [1.165, 1.54) is 0 Å². The second-order valence-corrected chi connectivity index (χ2v) is 4.03. The van der Waals surface area contributed by atoms with Crippen molar-refractivity contribution < 1.29 is 9.90 Å². The van der Waals surface area contributed by atoms with Crippen LogP contribution in [-0.2, 0) is 4.79 Å². The van der Waals surface area contributed by atoms with Gasteiger partial charge in [-0.2, -0.15) is 0 Å². The Morgan fingerprint density at radius 2 is 1.82 bits per heavy atom. The van der Waals surface area contributed by atoms with Gasteiger partial charge in [0, 0.05) is 19.6 Å². The van der Waals surface area contributed by atoms with E-state index in [1.807, 2.05) is 13.8 Å². The molecule has 5 nitrogen and oxygen atoms in total. The van der Waals surface area contributed by atoms with Gasteiger partial charge in [-0.15, -0.1) is 0 Å². The third kappa shape index (κ3) is 8.54. The highest BCUT2D eigenvalue weighted by Gasteiger charge is 2.09. The molecule has 0 amide bonds. The second-order valence-electron chi connectivity index (χ2n) is 4.03. The molecule has 0 aromatic carbocycles. The summed E-state index contributed by atoms with van der Waals surface area (Å²) in [6, 6.07) is 0. The van der Waals surface area contributed by atoms with Gasteiger partial charge in [-0.25, -0.2) is 0 Å². The van der Waals surface area contributed by atoms with Crippen molar-refractivity contribution in [1.29, 1.82) is 0 Å². The molecule has 0 aliphatic heterocycles. The molecule has 5 heteroatoms. The fraction of sp³-hybridized carbons (Fsp3) is 0.833. The Bertz CT molecular complexity index is 234. The van der Waals surface area contributed by atoms with Crippen LogP contribution in [0.15, 0.2) is 4.99 Å². The summed E-state index contributed by atoms with van der Waals surface area (Å²) in [5.41, 5.74) is 0. The Kier molecular flexibility index (Phi) is 9.19. The van der Waals surface area contributed by atoms with E-state index in [0.29, 0.717) is 0 Å². The van der Waals surface area contributed by atoms with Crippen LogP contribution in [0.25, 0.3) is 0 Å². The molecule has 0 saturated heterocycles. The Morgan fingerprint density at radius 3 is 2.29 bits per heavy atom. The lowest BCUT2D eigenvalue weighted by Gasteiger charge is -2.09. The van der Waals surface area contributed by atoms with Gasteiger partial charge in [0.25, 0.3) is 0 Å². The van der Waals surface area contributed by atoms with E-state index in [2.05, 4.69) is 15.6 Å². The van der Waals surface area contributed by atoms with E-state index >= 15 is 0 Å². The number of nitrogens with one attached hydrogen (secondary N) is 2. The molecule has 0 spiro atoms. The summed E-state index contributed by atoms with van der Waals surface area (Å²) in [6.45, 7) is 8.24. The summed E-state index contributed by atoms with van der Waals surface area (Å²) in [4.78, 5) is 15.0. The lowest BCUT2D eigenvalue weighted by atomic mass is 10.0. The number of carbonyl (C=O) groups is 1. The van der Waals surface area contributed by atoms with Gasteiger partial charge >= 0.3 is 5.97 Å². The molecular formula is C12H25N3O2. The minimum atomic E-state index is -0.713. The minimum absolute atomic E-state index is 0.249. The van der Waals surface area contributed by atoms with Gasteiger partial charge in [0.15, 0.2) is 5.96 Å². The van der Waals surface area contributed by atoms with Crippen molar-refractivity contribution in [3.63, 3.8) is 0 Å². The SMILES string of the molecule is CCNC(=NCCCC[C@H](C)C(=O)O)NCC. The first-order valence-electron chi connectivity index (χ1n) is 6.36. The monoisotopic (exact) mass is 243 g/mol. The number of aliphatic imine (C=N–C) groups is 1. The van der Waals surface area contributed by atoms with Crippen molar-refractivity contribution in [3.05, 3.63) is 0 Å². The highest BCUT2D eigenvalue weighted by Crippen LogP contribution is 2.07. The number of guanidine groups is 1. The van der Waals surface area contributed by atoms with Gasteiger partial charge in [-0.05, 0) is 26.7 Å². The maximum Gasteiger partial charge on any atom is 0.306 e. The van der Waals surface area contributed by atoms with Crippen LogP contribution in [0.1, 0.15) is 40.0 Å². The molecule has 1 atom stereocenters. The van der Waals surface area contributed by atoms with E-state index in [9.17, 15) is 4.79 Å². The van der Waals surface area contributed by atoms with Crippen LogP contribution in [0.2, 0.25) is 0 Å². The van der Waals surface area contributed by atoms with Crippen LogP contribution in [0.4, 0.5) is 0 Å². The van der Waals surface area contributed by atoms with Crippen molar-refractivity contribution in [2.75, 3.05) is 19.6 Å². The number of rotatable bonds is 8. The van der Waals surface area contributed by atoms with Crippen LogP contribution in [0, 0.1) is 5.92 Å². The van der Waals surface area contributed by atoms with E-state index in [1.54, 1.807) is 6.92 Å². The Hall–Kier alpha value is -1.26. The first kappa shape index (κ1) is 15.7. The van der Waals surface area contributed by atoms with E-state index in [-0.39, 0.29) is 5.92 Å². The van der Waals surface area contributed by atoms with Crippen molar-refractivity contribution >= 4 is 11.9 Å². The molecule has 0 unspecified atom stereocenters. The topological polar surface area (TPSA) is 73.7 Å². The first-order valence-corrected chi connectivity index (χ1v) is 6.36. The highest BCUT2D eigenvalue weighted by molar-refractivity contribution is 5.79. The first-order chi connectivity index (χ1) is 8.11. The van der Waals surface area contributed by atoms with Crippen molar-refractivity contribution in [3.8, 4) is 0 Å². The highest BCUT2D eigenvalue weighted by atomic mass is 16.4. The maximum atomic E-state index is 10.6. The molecular weight excluding hydrogens is 218 g/mol. The Balaban J connectivity index is 3.71. The third-order valence-electron chi connectivity index (χ3n) is 2.43. The molecule has 3 N–H and O–H groups in total. The predicted octanol–water partition coefficient (Wildman–Crippen LogP) is 1.45. The van der Waals surface area contributed by atoms with E-state index < -0.39 is 5.97 Å². The molecule has 0 heterocycles. The molecule has 0 aliphatic carbocycles. The van der Waals surface area contributed by atoms with Crippen LogP contribution < -0.4 is 10.6 Å². The summed E-state index contributed by atoms with van der Waals surface area (Å²) in [6.07, 6.45) is 2.56. The molecule has 17 heavy (non-hydrogen) atoms. The predicted molar refractivity (Wildman–Crippen MR) is 70.3 cm³/mol. The van der Waals surface area contributed by atoms with E-state index in [4.69, 9.17) is 5.11 Å². The molecule has 0 aliphatic rings. The lowest BCUT2D eigenvalue weighted by Crippen LogP contribution is -2.37. The van der Waals surface area contributed by atoms with Crippen LogP contribution in [0.5, 0.6) is 0 Å². The number of carboxylic acids is 1. The molecule has 0 fully saturated rings. The van der Waals surface area contributed by atoms with Crippen molar-refractivity contribution in [2.45, 2.75) is 40.0 Å². The third-order valence-corrected chi connectivity index (χ3v) is 2.43. The van der Waals surface area contributed by atoms with Crippen LogP contribution in [0.3, 0.4) is 0 Å². The largest absolute Gasteiger partial charge is 0.481 e. The van der Waals surface area contributed by atoms with Crippen LogP contribution in [-0.4, -0.2) is 36.7 Å². The average Bonchev–Trinajstić information content (AvgIpc) is 2.28. The summed E-state index contributed by atoms with van der Waals surface area (Å²) >= 11 is 0. The average molecular weight is 243 g/mol. The van der Waals surface area contributed by atoms with Crippen LogP contribution >= 0.6 is 0 Å². The minimum Gasteiger partial charge on any atom is -0.481 e. The fourth-order valence-corrected chi connectivity index (χ4v) is 1.39. The summed E-state index contributed by atoms with van der Waals surface area (Å²) < 4.78 is 0. The van der Waals surface area contributed by atoms with Crippen molar-refractivity contribution in [2.24, 2.45) is 10.9 Å². The Morgan fingerprint density at radius 1 is 1.24 bits per heavy atom. The van der Waals surface area contributed by atoms with Gasteiger partial charge < -0.3 is 15.7 Å². The standard InChI is InChI=1S/C12H25N3O2/c1-4-13-12(14-5-2)15-9-7-6-8-10(3)11(16)17/h10H,4-9H2,1-3H3,(H,16,17)(H2,13,14,15)/t10-/m0/s1. The molecule has 0 saturated carbocycles. The lowest BCUT2D eigenvalue weighted by molar-refractivity contribution is -0.141. The normalized spacial score (nSPS) is 11.7. The molecule has 0 aromatic rings. The molecule has 0 rings (SSSR count). The number of hydrogen-bond acceptors (Lipinski definition) is 2. The second kappa shape index (κ2) is 9.93. The van der Waals surface area contributed by atoms with Crippen molar-refractivity contribution in [1.82, 2.24) is 10.6 Å². The number of hydrogen-bond donors (Lipinski definition) is 3. The number of unbranched alkanes of at least 4 members (excludes halogenated alkanes) is 1. The number of nitrogens with zero attached hydrogens (tertiary/aromatic N) is 1. The zero-order chi connectivity index (χ0) is 13.1. The Labute approximate surface area is 104 Å². The maximum absolute atomic E-state index is 10.6.